The number of piperidine rings is 1. The van der Waals surface area contributed by atoms with Crippen LogP contribution in [0.15, 0.2) is 54.9 Å². The van der Waals surface area contributed by atoms with Gasteiger partial charge in [0.15, 0.2) is 5.69 Å². The third-order valence-electron chi connectivity index (χ3n) is 10.5. The molecule has 2 aromatic carbocycles. The molecule has 0 spiro atoms. The summed E-state index contributed by atoms with van der Waals surface area (Å²) in [5.41, 5.74) is 1.79. The number of imidazole rings is 1. The molecule has 8 nitrogen and oxygen atoms in total. The van der Waals surface area contributed by atoms with Gasteiger partial charge in [-0.1, -0.05) is 12.1 Å². The Kier molecular flexibility index (Phi) is 9.09. The van der Waals surface area contributed by atoms with Crippen LogP contribution in [-0.4, -0.2) is 66.4 Å². The Morgan fingerprint density at radius 3 is 2.42 bits per heavy atom. The van der Waals surface area contributed by atoms with Crippen LogP contribution < -0.4 is 10.2 Å². The van der Waals surface area contributed by atoms with Crippen molar-refractivity contribution in [1.29, 1.82) is 0 Å². The zero-order valence-electron chi connectivity index (χ0n) is 26.1. The second-order valence-electron chi connectivity index (χ2n) is 13.0. The van der Waals surface area contributed by atoms with Crippen LogP contribution in [0.5, 0.6) is 0 Å². The Morgan fingerprint density at radius 1 is 1.09 bits per heavy atom. The van der Waals surface area contributed by atoms with E-state index in [-0.39, 0.29) is 17.9 Å². The Labute approximate surface area is 264 Å². The summed E-state index contributed by atoms with van der Waals surface area (Å²) in [5.74, 6) is 0.244. The molecule has 0 radical (unpaired) electrons. The number of nitrogens with zero attached hydrogens (tertiary/aromatic N) is 5. The third-order valence-corrected chi connectivity index (χ3v) is 10.5. The average molecular weight is 617 g/mol. The Hall–Kier alpha value is -3.97. The molecule has 3 heterocycles. The zero-order valence-corrected chi connectivity index (χ0v) is 26.1. The number of nitrogens with one attached hydrogen (secondary N) is 1. The number of carbonyl (C=O) groups excluding carboxylic acids is 1. The molecule has 2 aliphatic heterocycles. The first-order valence-electron chi connectivity index (χ1n) is 16.1. The maximum atomic E-state index is 15.0. The number of halogens is 2. The monoisotopic (exact) mass is 616 g/mol. The van der Waals surface area contributed by atoms with Crippen molar-refractivity contribution in [2.75, 3.05) is 44.7 Å². The summed E-state index contributed by atoms with van der Waals surface area (Å²) >= 11 is 0. The second-order valence-corrected chi connectivity index (χ2v) is 13.0. The van der Waals surface area contributed by atoms with Crippen molar-refractivity contribution in [3.63, 3.8) is 0 Å². The summed E-state index contributed by atoms with van der Waals surface area (Å²) < 4.78 is 38.1. The number of anilines is 1. The van der Waals surface area contributed by atoms with Gasteiger partial charge < -0.3 is 24.4 Å². The number of ether oxygens (including phenoxy) is 1. The lowest BCUT2D eigenvalue weighted by molar-refractivity contribution is 0.00154. The van der Waals surface area contributed by atoms with Gasteiger partial charge in [0, 0.05) is 74.6 Å². The van der Waals surface area contributed by atoms with Gasteiger partial charge in [0.2, 0.25) is 0 Å². The van der Waals surface area contributed by atoms with E-state index in [1.807, 2.05) is 37.4 Å². The van der Waals surface area contributed by atoms with Crippen LogP contribution in [0.2, 0.25) is 0 Å². The van der Waals surface area contributed by atoms with Crippen LogP contribution in [0.3, 0.4) is 0 Å². The first-order valence-corrected chi connectivity index (χ1v) is 16.1. The quantitative estimate of drug-likeness (QED) is 0.285. The van der Waals surface area contributed by atoms with Gasteiger partial charge in [0.25, 0.3) is 0 Å². The number of aryl methyl sites for hydroxylation is 1. The minimum Gasteiger partial charge on any atom is -0.446 e. The van der Waals surface area contributed by atoms with Gasteiger partial charge in [0.05, 0.1) is 6.57 Å². The van der Waals surface area contributed by atoms with Crippen LogP contribution in [0, 0.1) is 42.9 Å². The highest BCUT2D eigenvalue weighted by Crippen LogP contribution is 2.52. The van der Waals surface area contributed by atoms with Crippen molar-refractivity contribution in [3.05, 3.63) is 89.3 Å². The molecule has 3 aliphatic rings. The molecule has 0 bridgehead atoms. The molecule has 1 aromatic heterocycles. The number of alkyl carbamates (subject to hydrolysis) is 1. The number of carbonyl (C=O) groups is 1. The van der Waals surface area contributed by atoms with Gasteiger partial charge in [-0.3, -0.25) is 0 Å². The molecule has 1 N–H and O–H groups in total. The number of benzene rings is 2. The lowest BCUT2D eigenvalue weighted by atomic mass is 9.58. The van der Waals surface area contributed by atoms with E-state index in [2.05, 4.69) is 29.5 Å². The van der Waals surface area contributed by atoms with Crippen LogP contribution in [0.1, 0.15) is 43.5 Å². The van der Waals surface area contributed by atoms with E-state index in [4.69, 9.17) is 11.3 Å². The number of hydrogen-bond acceptors (Lipinski definition) is 5. The highest BCUT2D eigenvalue weighted by Gasteiger charge is 2.53. The number of likely N-dealkylation sites (tertiary alicyclic amines) is 1. The minimum absolute atomic E-state index is 0.108. The Morgan fingerprint density at radius 2 is 1.80 bits per heavy atom. The van der Waals surface area contributed by atoms with E-state index in [0.717, 1.165) is 82.4 Å². The maximum absolute atomic E-state index is 15.0. The SMILES string of the molecule is [C-]#[N+]c1ccc(N2CC(CN3CCC(C(Cn4ccnc4C)(c4cc(F)cc(F)c4)[C@@H]4CCC[C@H]4OC(=O)NC)CC3)C2)cc1. The molecular weight excluding hydrogens is 574 g/mol. The Bertz CT molecular complexity index is 1500. The summed E-state index contributed by atoms with van der Waals surface area (Å²) in [5, 5.41) is 2.59. The molecule has 2 saturated heterocycles. The molecule has 6 rings (SSSR count). The zero-order chi connectivity index (χ0) is 31.6. The molecule has 10 heteroatoms. The highest BCUT2D eigenvalue weighted by molar-refractivity contribution is 5.67. The van der Waals surface area contributed by atoms with E-state index in [1.165, 1.54) is 12.1 Å². The molecule has 45 heavy (non-hydrogen) atoms. The average Bonchev–Trinajstić information content (AvgIpc) is 3.65. The molecule has 3 aromatic rings. The molecular formula is C35H42F2N6O2. The van der Waals surface area contributed by atoms with Crippen molar-refractivity contribution in [1.82, 2.24) is 19.8 Å². The molecule has 1 unspecified atom stereocenters. The van der Waals surface area contributed by atoms with Crippen molar-refractivity contribution in [2.45, 2.75) is 57.1 Å². The van der Waals surface area contributed by atoms with Gasteiger partial charge in [-0.25, -0.2) is 23.4 Å². The van der Waals surface area contributed by atoms with Gasteiger partial charge in [-0.2, -0.15) is 0 Å². The standard InChI is InChI=1S/C35H42F2N6O2/c1-24-40-13-16-42(24)23-35(27-17-28(36)19-29(37)18-27,32-5-4-6-33(32)45-34(44)39-3)26-11-14-41(15-12-26)20-25-21-43(22-25)31-9-7-30(38-2)8-10-31/h7-10,13,16-19,25-26,32-33H,4-6,11-12,14-15,20-23H2,1,3H3,(H,39,44)/t32-,33-,35?/m1/s1. The molecule has 3 atom stereocenters. The number of amides is 1. The first kappa shape index (κ1) is 31.0. The maximum Gasteiger partial charge on any atom is 0.407 e. The molecule has 1 aliphatic carbocycles. The minimum atomic E-state index is -0.666. The summed E-state index contributed by atoms with van der Waals surface area (Å²) in [4.78, 5) is 25.3. The molecule has 1 saturated carbocycles. The highest BCUT2D eigenvalue weighted by atomic mass is 19.1. The lowest BCUT2D eigenvalue weighted by Gasteiger charge is -2.51. The van der Waals surface area contributed by atoms with Gasteiger partial charge in [-0.15, -0.1) is 0 Å². The lowest BCUT2D eigenvalue weighted by Crippen LogP contribution is -2.55. The largest absolute Gasteiger partial charge is 0.446 e. The fraction of sp³-hybridized carbons (Fsp3) is 0.514. The Balaban J connectivity index is 1.24. The molecule has 238 valence electrons. The van der Waals surface area contributed by atoms with E-state index in [1.54, 1.807) is 13.2 Å². The van der Waals surface area contributed by atoms with Gasteiger partial charge >= 0.3 is 6.09 Å². The van der Waals surface area contributed by atoms with Crippen molar-refractivity contribution >= 4 is 17.5 Å². The van der Waals surface area contributed by atoms with Gasteiger partial charge in [-0.05, 0) is 87.9 Å². The first-order chi connectivity index (χ1) is 21.8. The molecule has 3 fully saturated rings. The predicted molar refractivity (Wildman–Crippen MR) is 169 cm³/mol. The van der Waals surface area contributed by atoms with Crippen molar-refractivity contribution < 1.29 is 18.3 Å². The van der Waals surface area contributed by atoms with Gasteiger partial charge in [0.1, 0.15) is 23.6 Å². The third kappa shape index (κ3) is 6.41. The van der Waals surface area contributed by atoms with E-state index in [0.29, 0.717) is 23.7 Å². The fourth-order valence-corrected chi connectivity index (χ4v) is 8.25. The summed E-state index contributed by atoms with van der Waals surface area (Å²) in [6, 6.07) is 11.7. The van der Waals surface area contributed by atoms with Crippen LogP contribution in [0.25, 0.3) is 4.85 Å². The van der Waals surface area contributed by atoms with Crippen LogP contribution in [-0.2, 0) is 16.7 Å². The smallest absolute Gasteiger partial charge is 0.407 e. The number of aromatic nitrogens is 2. The van der Waals surface area contributed by atoms with Crippen LogP contribution >= 0.6 is 0 Å². The van der Waals surface area contributed by atoms with E-state index < -0.39 is 23.1 Å². The topological polar surface area (TPSA) is 67.0 Å². The van der Waals surface area contributed by atoms with Crippen molar-refractivity contribution in [3.8, 4) is 0 Å². The van der Waals surface area contributed by atoms with E-state index in [9.17, 15) is 13.6 Å². The second kappa shape index (κ2) is 13.2. The number of hydrogen-bond donors (Lipinski definition) is 1. The predicted octanol–water partition coefficient (Wildman–Crippen LogP) is 6.33. The normalized spacial score (nSPS) is 22.4. The summed E-state index contributed by atoms with van der Waals surface area (Å²) in [6.45, 7) is 14.4. The van der Waals surface area contributed by atoms with E-state index >= 15 is 0 Å². The summed E-state index contributed by atoms with van der Waals surface area (Å²) in [6.07, 6.45) is 7.04. The molecule has 1 amide bonds. The number of rotatable bonds is 9. The fourth-order valence-electron chi connectivity index (χ4n) is 8.25. The van der Waals surface area contributed by atoms with Crippen molar-refractivity contribution in [2.24, 2.45) is 17.8 Å². The summed E-state index contributed by atoms with van der Waals surface area (Å²) in [7, 11) is 1.55. The van der Waals surface area contributed by atoms with Crippen LogP contribution in [0.4, 0.5) is 25.0 Å².